The minimum Gasteiger partial charge on any atom is -0.504 e. The number of allylic oxidation sites excluding steroid dienone is 2. The average molecular weight is 534 g/mol. The monoisotopic (exact) mass is 533 g/mol. The number of nitrogens with zero attached hydrogens (tertiary/aromatic N) is 1. The summed E-state index contributed by atoms with van der Waals surface area (Å²) in [5.74, 6) is -1.42. The van der Waals surface area contributed by atoms with Gasteiger partial charge in [-0.15, -0.1) is 0 Å². The second-order valence-electron chi connectivity index (χ2n) is 11.1. The van der Waals surface area contributed by atoms with Crippen molar-refractivity contribution in [3.05, 3.63) is 70.8 Å². The van der Waals surface area contributed by atoms with Gasteiger partial charge in [-0.3, -0.25) is 19.3 Å². The molecule has 1 saturated heterocycles. The lowest BCUT2D eigenvalue weighted by Gasteiger charge is -2.52. The summed E-state index contributed by atoms with van der Waals surface area (Å²) in [6.45, 7) is 6.22. The highest BCUT2D eigenvalue weighted by Crippen LogP contribution is 2.55. The Morgan fingerprint density at radius 1 is 1.13 bits per heavy atom. The van der Waals surface area contributed by atoms with E-state index in [1.807, 2.05) is 26.8 Å². The lowest BCUT2D eigenvalue weighted by atomic mass is 9.69. The molecule has 3 heterocycles. The maximum atomic E-state index is 13.0. The Morgan fingerprint density at radius 2 is 1.82 bits per heavy atom. The molecular weight excluding hydrogens is 498 g/mol. The Bertz CT molecular complexity index is 1290. The summed E-state index contributed by atoms with van der Waals surface area (Å²) in [4.78, 5) is 40.1. The molecule has 3 aliphatic rings. The van der Waals surface area contributed by atoms with E-state index in [0.717, 1.165) is 12.0 Å². The minimum absolute atomic E-state index is 0.0423. The first-order valence-corrected chi connectivity index (χ1v) is 13.5. The van der Waals surface area contributed by atoms with E-state index in [1.54, 1.807) is 36.4 Å². The SMILES string of the molecule is COC(=O)C1C[C@@H]2[C@@H](OC1CCN1C(=O)c3ccccc3C1=O)c1cccc(O)c1OC2(C)CCC=C(C)C. The fourth-order valence-electron chi connectivity index (χ4n) is 6.22. The molecule has 0 saturated carbocycles. The van der Waals surface area contributed by atoms with Crippen LogP contribution in [0.15, 0.2) is 54.1 Å². The van der Waals surface area contributed by atoms with Crippen molar-refractivity contribution >= 4 is 17.8 Å². The number of fused-ring (bicyclic) bond motifs is 4. The number of carbonyl (C=O) groups is 3. The number of phenols is 1. The molecule has 0 aromatic heterocycles. The molecule has 206 valence electrons. The number of esters is 1. The molecule has 0 bridgehead atoms. The Kier molecular flexibility index (Phi) is 7.25. The van der Waals surface area contributed by atoms with Gasteiger partial charge in [0.1, 0.15) is 5.60 Å². The quantitative estimate of drug-likeness (QED) is 0.296. The zero-order chi connectivity index (χ0) is 27.9. The first-order valence-electron chi connectivity index (χ1n) is 13.5. The number of benzene rings is 2. The number of hydrogen-bond donors (Lipinski definition) is 1. The van der Waals surface area contributed by atoms with Crippen molar-refractivity contribution in [2.75, 3.05) is 13.7 Å². The molecule has 2 aromatic rings. The van der Waals surface area contributed by atoms with E-state index >= 15 is 0 Å². The van der Waals surface area contributed by atoms with Crippen molar-refractivity contribution in [1.29, 1.82) is 0 Å². The largest absolute Gasteiger partial charge is 0.504 e. The van der Waals surface area contributed by atoms with Gasteiger partial charge in [0, 0.05) is 18.0 Å². The van der Waals surface area contributed by atoms with Gasteiger partial charge in [-0.05, 0) is 64.7 Å². The summed E-state index contributed by atoms with van der Waals surface area (Å²) < 4.78 is 18.4. The van der Waals surface area contributed by atoms with Crippen LogP contribution >= 0.6 is 0 Å². The lowest BCUT2D eigenvalue weighted by Crippen LogP contribution is -2.54. The van der Waals surface area contributed by atoms with Crippen molar-refractivity contribution in [2.24, 2.45) is 11.8 Å². The zero-order valence-electron chi connectivity index (χ0n) is 22.8. The Morgan fingerprint density at radius 3 is 2.46 bits per heavy atom. The molecule has 5 rings (SSSR count). The van der Waals surface area contributed by atoms with Crippen molar-refractivity contribution < 1.29 is 33.7 Å². The maximum absolute atomic E-state index is 13.0. The highest BCUT2D eigenvalue weighted by atomic mass is 16.5. The van der Waals surface area contributed by atoms with Crippen LogP contribution in [0.4, 0.5) is 0 Å². The predicted molar refractivity (Wildman–Crippen MR) is 143 cm³/mol. The highest BCUT2D eigenvalue weighted by Gasteiger charge is 2.54. The van der Waals surface area contributed by atoms with Gasteiger partial charge in [0.2, 0.25) is 0 Å². The molecule has 1 fully saturated rings. The summed E-state index contributed by atoms with van der Waals surface area (Å²) in [7, 11) is 1.36. The number of aromatic hydroxyl groups is 1. The molecular formula is C31H35NO7. The topological polar surface area (TPSA) is 102 Å². The van der Waals surface area contributed by atoms with E-state index in [9.17, 15) is 19.5 Å². The van der Waals surface area contributed by atoms with Crippen molar-refractivity contribution in [2.45, 2.75) is 64.3 Å². The van der Waals surface area contributed by atoms with Crippen LogP contribution < -0.4 is 4.74 Å². The molecule has 3 aliphatic heterocycles. The first-order chi connectivity index (χ1) is 18.6. The predicted octanol–water partition coefficient (Wildman–Crippen LogP) is 5.21. The number of hydrogen-bond acceptors (Lipinski definition) is 7. The van der Waals surface area contributed by atoms with Gasteiger partial charge in [-0.1, -0.05) is 35.9 Å². The molecule has 5 atom stereocenters. The van der Waals surface area contributed by atoms with E-state index < -0.39 is 29.7 Å². The van der Waals surface area contributed by atoms with Crippen LogP contribution in [0.3, 0.4) is 0 Å². The third-order valence-corrected chi connectivity index (χ3v) is 8.31. The summed E-state index contributed by atoms with van der Waals surface area (Å²) in [6.07, 6.45) is 3.28. The van der Waals surface area contributed by atoms with Crippen LogP contribution in [0, 0.1) is 11.8 Å². The summed E-state index contributed by atoms with van der Waals surface area (Å²) >= 11 is 0. The average Bonchev–Trinajstić information content (AvgIpc) is 3.16. The molecule has 2 aromatic carbocycles. The summed E-state index contributed by atoms with van der Waals surface area (Å²) in [5, 5.41) is 10.7. The number of carbonyl (C=O) groups excluding carboxylic acids is 3. The highest BCUT2D eigenvalue weighted by molar-refractivity contribution is 6.21. The van der Waals surface area contributed by atoms with E-state index in [0.29, 0.717) is 29.7 Å². The van der Waals surface area contributed by atoms with Crippen LogP contribution in [0.1, 0.15) is 78.8 Å². The Balaban J connectivity index is 1.44. The fraction of sp³-hybridized carbons (Fsp3) is 0.452. The number of rotatable bonds is 7. The second-order valence-corrected chi connectivity index (χ2v) is 11.1. The molecule has 2 amide bonds. The zero-order valence-corrected chi connectivity index (χ0v) is 22.8. The molecule has 3 unspecified atom stereocenters. The van der Waals surface area contributed by atoms with Gasteiger partial charge in [-0.2, -0.15) is 0 Å². The van der Waals surface area contributed by atoms with E-state index in [2.05, 4.69) is 6.08 Å². The third kappa shape index (κ3) is 4.82. The molecule has 8 heteroatoms. The van der Waals surface area contributed by atoms with Gasteiger partial charge >= 0.3 is 5.97 Å². The van der Waals surface area contributed by atoms with Crippen LogP contribution in [0.2, 0.25) is 0 Å². The maximum Gasteiger partial charge on any atom is 0.311 e. The molecule has 8 nitrogen and oxygen atoms in total. The summed E-state index contributed by atoms with van der Waals surface area (Å²) in [5.41, 5.74) is 2.00. The summed E-state index contributed by atoms with van der Waals surface area (Å²) in [6, 6.07) is 12.0. The van der Waals surface area contributed by atoms with Crippen LogP contribution in [-0.2, 0) is 14.3 Å². The molecule has 1 N–H and O–H groups in total. The first kappa shape index (κ1) is 26.9. The van der Waals surface area contributed by atoms with Gasteiger partial charge in [0.15, 0.2) is 11.5 Å². The van der Waals surface area contributed by atoms with Gasteiger partial charge in [-0.25, -0.2) is 0 Å². The van der Waals surface area contributed by atoms with Crippen LogP contribution in [0.5, 0.6) is 11.5 Å². The number of ether oxygens (including phenoxy) is 3. The normalized spacial score (nSPS) is 27.2. The Hall–Kier alpha value is -3.65. The number of para-hydroxylation sites is 1. The minimum atomic E-state index is -0.706. The third-order valence-electron chi connectivity index (χ3n) is 8.31. The van der Waals surface area contributed by atoms with E-state index in [4.69, 9.17) is 14.2 Å². The molecule has 39 heavy (non-hydrogen) atoms. The number of methoxy groups -OCH3 is 1. The van der Waals surface area contributed by atoms with Gasteiger partial charge in [0.25, 0.3) is 11.8 Å². The van der Waals surface area contributed by atoms with Gasteiger partial charge in [0.05, 0.1) is 36.4 Å². The fourth-order valence-corrected chi connectivity index (χ4v) is 6.22. The van der Waals surface area contributed by atoms with Gasteiger partial charge < -0.3 is 19.3 Å². The molecule has 0 radical (unpaired) electrons. The Labute approximate surface area is 228 Å². The van der Waals surface area contributed by atoms with Crippen molar-refractivity contribution in [3.8, 4) is 11.5 Å². The number of amides is 2. The second kappa shape index (κ2) is 10.5. The lowest BCUT2D eigenvalue weighted by molar-refractivity contribution is -0.194. The van der Waals surface area contributed by atoms with E-state index in [-0.39, 0.29) is 36.4 Å². The van der Waals surface area contributed by atoms with Crippen molar-refractivity contribution in [1.82, 2.24) is 4.90 Å². The molecule has 0 aliphatic carbocycles. The molecule has 0 spiro atoms. The smallest absolute Gasteiger partial charge is 0.311 e. The van der Waals surface area contributed by atoms with Crippen LogP contribution in [0.25, 0.3) is 0 Å². The van der Waals surface area contributed by atoms with E-state index in [1.165, 1.54) is 17.6 Å². The number of imide groups is 1. The van der Waals surface area contributed by atoms with Crippen LogP contribution in [-0.4, -0.2) is 53.1 Å². The van der Waals surface area contributed by atoms with Crippen molar-refractivity contribution in [3.63, 3.8) is 0 Å². The number of phenolic OH excluding ortho intramolecular Hbond substituents is 1. The standard InChI is InChI=1S/C31H35NO7/c1-18(2)9-8-15-31(3)23-17-22(30(36)37-4)25(38-26(23)21-12-7-13-24(33)27(21)39-31)14-16-32-28(34)19-10-5-6-11-20(19)29(32)35/h5-7,9-13,22-23,25-26,33H,8,14-17H2,1-4H3/t22?,23-,25?,26+,31?/m1/s1.